The summed E-state index contributed by atoms with van der Waals surface area (Å²) in [7, 11) is 4.44. The van der Waals surface area contributed by atoms with Crippen molar-refractivity contribution in [3.05, 3.63) is 57.6 Å². The van der Waals surface area contributed by atoms with Gasteiger partial charge in [0.15, 0.2) is 16.8 Å². The van der Waals surface area contributed by atoms with Crippen molar-refractivity contribution in [1.29, 1.82) is 0 Å². The van der Waals surface area contributed by atoms with Crippen LogP contribution in [0, 0.1) is 6.92 Å². The van der Waals surface area contributed by atoms with Crippen molar-refractivity contribution >= 4 is 28.0 Å². The highest BCUT2D eigenvalue weighted by Crippen LogP contribution is 2.51. The highest BCUT2D eigenvalue weighted by Gasteiger charge is 2.31. The second kappa shape index (κ2) is 7.26. The number of fused-ring (bicyclic) bond motifs is 3. The summed E-state index contributed by atoms with van der Waals surface area (Å²) in [6.45, 7) is 1.70. The van der Waals surface area contributed by atoms with E-state index in [2.05, 4.69) is 0 Å². The Kier molecular flexibility index (Phi) is 4.51. The zero-order valence-corrected chi connectivity index (χ0v) is 17.8. The average Bonchev–Trinajstić information content (AvgIpc) is 3.25. The van der Waals surface area contributed by atoms with E-state index in [1.54, 1.807) is 31.2 Å². The first-order valence-corrected chi connectivity index (χ1v) is 9.82. The number of hydrogen-bond donors (Lipinski definition) is 1. The molecular formula is C24H20O8. The predicted octanol–water partition coefficient (Wildman–Crippen LogP) is 4.73. The molecule has 0 aliphatic carbocycles. The smallest absolute Gasteiger partial charge is 0.205 e. The Morgan fingerprint density at radius 3 is 2.50 bits per heavy atom. The summed E-state index contributed by atoms with van der Waals surface area (Å²) in [5.41, 5.74) is 1.50. The third-order valence-electron chi connectivity index (χ3n) is 5.52. The third kappa shape index (κ3) is 2.72. The van der Waals surface area contributed by atoms with Crippen LogP contribution in [0.5, 0.6) is 28.7 Å². The molecule has 0 saturated heterocycles. The molecule has 4 aromatic rings. The van der Waals surface area contributed by atoms with E-state index in [4.69, 9.17) is 27.8 Å². The van der Waals surface area contributed by atoms with E-state index in [0.717, 1.165) is 0 Å². The lowest BCUT2D eigenvalue weighted by atomic mass is 9.98. The number of furan rings is 1. The van der Waals surface area contributed by atoms with E-state index in [0.29, 0.717) is 56.1 Å². The van der Waals surface area contributed by atoms with Crippen LogP contribution in [0.1, 0.15) is 23.0 Å². The summed E-state index contributed by atoms with van der Waals surface area (Å²) < 4.78 is 34.0. The van der Waals surface area contributed by atoms with Crippen molar-refractivity contribution in [2.24, 2.45) is 0 Å². The van der Waals surface area contributed by atoms with Crippen LogP contribution in [0.25, 0.3) is 28.0 Å². The molecule has 5 rings (SSSR count). The lowest BCUT2D eigenvalue weighted by Crippen LogP contribution is -2.13. The molecule has 0 spiro atoms. The largest absolute Gasteiger partial charge is 0.504 e. The Labute approximate surface area is 182 Å². The van der Waals surface area contributed by atoms with E-state index >= 15 is 0 Å². The highest BCUT2D eigenvalue weighted by molar-refractivity contribution is 5.94. The van der Waals surface area contributed by atoms with Gasteiger partial charge in [-0.25, -0.2) is 0 Å². The van der Waals surface area contributed by atoms with Gasteiger partial charge in [0, 0.05) is 12.1 Å². The number of phenolic OH excluding ortho intramolecular Hbond substituents is 1. The van der Waals surface area contributed by atoms with E-state index < -0.39 is 6.10 Å². The van der Waals surface area contributed by atoms with Gasteiger partial charge in [-0.1, -0.05) is 0 Å². The molecule has 8 heteroatoms. The zero-order valence-electron chi connectivity index (χ0n) is 17.8. The van der Waals surface area contributed by atoms with Gasteiger partial charge in [-0.05, 0) is 25.1 Å². The molecule has 3 heterocycles. The van der Waals surface area contributed by atoms with E-state index in [1.807, 2.05) is 0 Å². The van der Waals surface area contributed by atoms with Crippen molar-refractivity contribution < 1.29 is 32.9 Å². The fourth-order valence-electron chi connectivity index (χ4n) is 4.20. The number of benzene rings is 2. The van der Waals surface area contributed by atoms with Gasteiger partial charge < -0.3 is 32.9 Å². The van der Waals surface area contributed by atoms with Gasteiger partial charge in [-0.3, -0.25) is 4.79 Å². The zero-order chi connectivity index (χ0) is 22.6. The summed E-state index contributed by atoms with van der Waals surface area (Å²) in [6.07, 6.45) is 4.30. The molecule has 0 saturated carbocycles. The number of aromatic hydroxyl groups is 1. The molecule has 8 nitrogen and oxygen atoms in total. The molecule has 1 aliphatic rings. The van der Waals surface area contributed by atoms with Gasteiger partial charge in [0.25, 0.3) is 0 Å². The second-order valence-electron chi connectivity index (χ2n) is 7.31. The average molecular weight is 436 g/mol. The first-order valence-electron chi connectivity index (χ1n) is 9.82. The number of ether oxygens (including phenoxy) is 4. The predicted molar refractivity (Wildman–Crippen MR) is 117 cm³/mol. The molecule has 32 heavy (non-hydrogen) atoms. The molecule has 164 valence electrons. The molecule has 0 bridgehead atoms. The Morgan fingerprint density at radius 1 is 1.03 bits per heavy atom. The van der Waals surface area contributed by atoms with Crippen LogP contribution < -0.4 is 24.4 Å². The Bertz CT molecular complexity index is 1460. The van der Waals surface area contributed by atoms with E-state index in [1.165, 1.54) is 33.7 Å². The van der Waals surface area contributed by atoms with Gasteiger partial charge in [-0.2, -0.15) is 0 Å². The molecule has 2 aromatic heterocycles. The minimum Gasteiger partial charge on any atom is -0.504 e. The summed E-state index contributed by atoms with van der Waals surface area (Å²) >= 11 is 0. The third-order valence-corrected chi connectivity index (χ3v) is 5.52. The number of aryl methyl sites for hydroxylation is 1. The van der Waals surface area contributed by atoms with Crippen LogP contribution in [-0.4, -0.2) is 26.4 Å². The number of hydrogen-bond acceptors (Lipinski definition) is 8. The second-order valence-corrected chi connectivity index (χ2v) is 7.31. The van der Waals surface area contributed by atoms with E-state index in [9.17, 15) is 9.90 Å². The van der Waals surface area contributed by atoms with Crippen LogP contribution in [0.15, 0.2) is 44.2 Å². The molecule has 0 radical (unpaired) electrons. The first kappa shape index (κ1) is 19.9. The van der Waals surface area contributed by atoms with Gasteiger partial charge in [0.1, 0.15) is 40.1 Å². The van der Waals surface area contributed by atoms with Crippen LogP contribution in [-0.2, 0) is 0 Å². The minimum atomic E-state index is -0.718. The fourth-order valence-corrected chi connectivity index (χ4v) is 4.20. The first-order chi connectivity index (χ1) is 15.5. The quantitative estimate of drug-likeness (QED) is 0.490. The van der Waals surface area contributed by atoms with Crippen molar-refractivity contribution in [1.82, 2.24) is 0 Å². The van der Waals surface area contributed by atoms with Crippen molar-refractivity contribution in [3.8, 4) is 28.7 Å². The van der Waals surface area contributed by atoms with Gasteiger partial charge >= 0.3 is 0 Å². The molecule has 1 unspecified atom stereocenters. The molecule has 2 aromatic carbocycles. The topological polar surface area (TPSA) is 101 Å². The van der Waals surface area contributed by atoms with E-state index in [-0.39, 0.29) is 16.9 Å². The summed E-state index contributed by atoms with van der Waals surface area (Å²) in [5, 5.41) is 12.0. The number of rotatable bonds is 4. The molecule has 0 fully saturated rings. The minimum absolute atomic E-state index is 0.153. The van der Waals surface area contributed by atoms with Crippen molar-refractivity contribution in [2.75, 3.05) is 21.3 Å². The highest BCUT2D eigenvalue weighted by atomic mass is 16.5. The maximum Gasteiger partial charge on any atom is 0.205 e. The molecule has 1 N–H and O–H groups in total. The van der Waals surface area contributed by atoms with Crippen molar-refractivity contribution in [2.45, 2.75) is 13.0 Å². The van der Waals surface area contributed by atoms with Crippen LogP contribution >= 0.6 is 0 Å². The maximum absolute atomic E-state index is 12.6. The Balaban J connectivity index is 1.73. The van der Waals surface area contributed by atoms with Crippen LogP contribution in [0.3, 0.4) is 0 Å². The Hall–Kier alpha value is -4.07. The van der Waals surface area contributed by atoms with Gasteiger partial charge in [0.05, 0.1) is 44.1 Å². The normalized spacial score (nSPS) is 14.9. The number of methoxy groups -OCH3 is 3. The molecule has 1 atom stereocenters. The summed E-state index contributed by atoms with van der Waals surface area (Å²) in [5.74, 6) is 1.70. The molecule has 0 amide bonds. The maximum atomic E-state index is 12.6. The lowest BCUT2D eigenvalue weighted by molar-refractivity contribution is 0.236. The van der Waals surface area contributed by atoms with Crippen LogP contribution in [0.2, 0.25) is 0 Å². The summed E-state index contributed by atoms with van der Waals surface area (Å²) in [6, 6.07) is 4.80. The van der Waals surface area contributed by atoms with Gasteiger partial charge in [0.2, 0.25) is 5.75 Å². The standard InChI is InChI=1S/C24H20O8/c1-11-9-14(25)18-17(31-11)10-16-12(21(18)27-2)5-6-15(32-16)19-20(26)24(29-4)23-13(7-8-30-23)22(19)28-3/h5-10,15,26H,1-4H3. The Morgan fingerprint density at radius 2 is 1.78 bits per heavy atom. The van der Waals surface area contributed by atoms with Crippen molar-refractivity contribution in [3.63, 3.8) is 0 Å². The number of phenols is 1. The SMILES string of the molecule is COc1c(C2C=Cc3c(cc4oc(C)cc(=O)c4c3OC)O2)c(O)c(OC)c2occc12. The molecular weight excluding hydrogens is 416 g/mol. The molecule has 1 aliphatic heterocycles. The lowest BCUT2D eigenvalue weighted by Gasteiger charge is -2.26. The summed E-state index contributed by atoms with van der Waals surface area (Å²) in [4.78, 5) is 12.6. The fraction of sp³-hybridized carbons (Fsp3) is 0.208. The van der Waals surface area contributed by atoms with Crippen LogP contribution in [0.4, 0.5) is 0 Å². The van der Waals surface area contributed by atoms with Gasteiger partial charge in [-0.15, -0.1) is 0 Å². The monoisotopic (exact) mass is 436 g/mol.